The van der Waals surface area contributed by atoms with Gasteiger partial charge in [0.2, 0.25) is 0 Å². The molecule has 0 fully saturated rings. The zero-order valence-corrected chi connectivity index (χ0v) is 22.5. The first-order chi connectivity index (χ1) is 17.7. The Morgan fingerprint density at radius 1 is 1.05 bits per heavy atom. The van der Waals surface area contributed by atoms with Gasteiger partial charge in [-0.3, -0.25) is 9.36 Å². The summed E-state index contributed by atoms with van der Waals surface area (Å²) < 4.78 is 13.5. The molecule has 0 saturated carbocycles. The number of benzene rings is 2. The lowest BCUT2D eigenvalue weighted by Crippen LogP contribution is -2.40. The number of hydrogen-bond donors (Lipinski definition) is 0. The maximum atomic E-state index is 13.7. The molecule has 0 radical (unpaired) electrons. The maximum Gasteiger partial charge on any atom is 0.338 e. The first-order valence-electron chi connectivity index (χ1n) is 11.6. The number of aromatic nitrogens is 1. The van der Waals surface area contributed by atoms with E-state index < -0.39 is 12.0 Å². The first kappa shape index (κ1) is 25.3. The molecule has 188 valence electrons. The lowest BCUT2D eigenvalue weighted by Gasteiger charge is -2.25. The van der Waals surface area contributed by atoms with Crippen molar-refractivity contribution in [2.24, 2.45) is 4.99 Å². The van der Waals surface area contributed by atoms with Gasteiger partial charge >= 0.3 is 5.97 Å². The maximum absolute atomic E-state index is 13.7. The number of carbonyl (C=O) groups excluding carboxylic acids is 1. The molecule has 2 aromatic carbocycles. The summed E-state index contributed by atoms with van der Waals surface area (Å²) in [6.45, 7) is 5.31. The monoisotopic (exact) mass is 552 g/mol. The zero-order valence-electron chi connectivity index (χ0n) is 20.2. The van der Waals surface area contributed by atoms with Crippen molar-refractivity contribution in [3.8, 4) is 11.3 Å². The molecule has 0 bridgehead atoms. The van der Waals surface area contributed by atoms with Crippen LogP contribution in [0.4, 0.5) is 0 Å². The molecule has 1 aliphatic heterocycles. The number of rotatable bonds is 5. The van der Waals surface area contributed by atoms with E-state index in [2.05, 4.69) is 4.99 Å². The van der Waals surface area contributed by atoms with E-state index in [0.717, 1.165) is 11.1 Å². The Morgan fingerprint density at radius 3 is 2.35 bits per heavy atom. The highest BCUT2D eigenvalue weighted by atomic mass is 35.5. The number of furan rings is 1. The van der Waals surface area contributed by atoms with E-state index in [1.165, 1.54) is 15.9 Å². The minimum absolute atomic E-state index is 0.282. The predicted molar refractivity (Wildman–Crippen MR) is 146 cm³/mol. The number of fused-ring (bicyclic) bond motifs is 1. The van der Waals surface area contributed by atoms with Crippen LogP contribution < -0.4 is 14.9 Å². The second-order valence-electron chi connectivity index (χ2n) is 8.80. The van der Waals surface area contributed by atoms with E-state index in [-0.39, 0.29) is 11.7 Å². The average Bonchev–Trinajstić information content (AvgIpc) is 3.43. The number of esters is 1. The van der Waals surface area contributed by atoms with Gasteiger partial charge in [0.25, 0.3) is 5.56 Å². The van der Waals surface area contributed by atoms with Crippen LogP contribution in [0.25, 0.3) is 17.4 Å². The number of thiazole rings is 1. The predicted octanol–water partition coefficient (Wildman–Crippen LogP) is 5.75. The molecule has 0 amide bonds. The Hall–Kier alpha value is -3.39. The average molecular weight is 553 g/mol. The Bertz CT molecular complexity index is 1690. The fourth-order valence-electron chi connectivity index (χ4n) is 4.15. The molecular weight excluding hydrogens is 531 g/mol. The van der Waals surface area contributed by atoms with Crippen LogP contribution in [-0.4, -0.2) is 16.6 Å². The smallest absolute Gasteiger partial charge is 0.338 e. The molecule has 5 rings (SSSR count). The third-order valence-corrected chi connectivity index (χ3v) is 7.29. The quantitative estimate of drug-likeness (QED) is 0.295. The highest BCUT2D eigenvalue weighted by Gasteiger charge is 2.33. The van der Waals surface area contributed by atoms with Crippen LogP contribution in [0.5, 0.6) is 0 Å². The molecule has 2 aromatic heterocycles. The Morgan fingerprint density at radius 2 is 1.70 bits per heavy atom. The summed E-state index contributed by atoms with van der Waals surface area (Å²) in [6, 6.07) is 17.3. The van der Waals surface area contributed by atoms with Crippen molar-refractivity contribution in [2.45, 2.75) is 32.9 Å². The van der Waals surface area contributed by atoms with E-state index in [9.17, 15) is 9.59 Å². The largest absolute Gasteiger partial charge is 0.459 e. The van der Waals surface area contributed by atoms with Gasteiger partial charge in [-0.15, -0.1) is 0 Å². The zero-order chi connectivity index (χ0) is 26.3. The molecule has 9 heteroatoms. The summed E-state index contributed by atoms with van der Waals surface area (Å²) in [4.78, 5) is 31.9. The molecule has 0 aliphatic carbocycles. The van der Waals surface area contributed by atoms with Crippen molar-refractivity contribution < 1.29 is 13.9 Å². The van der Waals surface area contributed by atoms with Crippen LogP contribution in [-0.2, 0) is 9.53 Å². The number of hydrogen-bond acceptors (Lipinski definition) is 6. The van der Waals surface area contributed by atoms with Crippen LogP contribution >= 0.6 is 34.5 Å². The molecule has 0 N–H and O–H groups in total. The SMILES string of the molecule is CC1=C(C(=O)OC(C)C)C(c2ccc(Cl)cc2)n2c(sc(=Cc3ccc(-c4ccc(Cl)cc4)o3)c2=O)=N1. The van der Waals surface area contributed by atoms with E-state index in [1.54, 1.807) is 69.3 Å². The molecule has 6 nitrogen and oxygen atoms in total. The fraction of sp³-hybridized carbons (Fsp3) is 0.179. The molecule has 0 saturated heterocycles. The van der Waals surface area contributed by atoms with Gasteiger partial charge in [-0.2, -0.15) is 0 Å². The van der Waals surface area contributed by atoms with Crippen LogP contribution in [0.15, 0.2) is 86.1 Å². The second-order valence-corrected chi connectivity index (χ2v) is 10.7. The topological polar surface area (TPSA) is 73.8 Å². The van der Waals surface area contributed by atoms with Crippen molar-refractivity contribution in [3.63, 3.8) is 0 Å². The summed E-state index contributed by atoms with van der Waals surface area (Å²) >= 11 is 13.3. The molecule has 1 unspecified atom stereocenters. The number of carbonyl (C=O) groups is 1. The van der Waals surface area contributed by atoms with Crippen LogP contribution in [0.1, 0.15) is 38.1 Å². The number of ether oxygens (including phenoxy) is 1. The van der Waals surface area contributed by atoms with Gasteiger partial charge < -0.3 is 9.15 Å². The molecule has 1 atom stereocenters. The molecule has 4 aromatic rings. The van der Waals surface area contributed by atoms with Gasteiger partial charge in [0.1, 0.15) is 11.5 Å². The Balaban J connectivity index is 1.63. The van der Waals surface area contributed by atoms with E-state index in [4.69, 9.17) is 32.4 Å². The van der Waals surface area contributed by atoms with Crippen LogP contribution in [0, 0.1) is 0 Å². The van der Waals surface area contributed by atoms with E-state index >= 15 is 0 Å². The van der Waals surface area contributed by atoms with E-state index in [1.807, 2.05) is 18.2 Å². The number of halogens is 2. The van der Waals surface area contributed by atoms with Gasteiger partial charge in [-0.05, 0) is 74.9 Å². The van der Waals surface area contributed by atoms with Gasteiger partial charge in [0.05, 0.1) is 27.9 Å². The lowest BCUT2D eigenvalue weighted by atomic mass is 9.96. The molecule has 0 spiro atoms. The van der Waals surface area contributed by atoms with Crippen molar-refractivity contribution in [2.75, 3.05) is 0 Å². The standard InChI is InChI=1S/C28H22Cl2N2O4S/c1-15(2)35-27(34)24-16(3)31-28-32(25(24)18-6-10-20(30)11-7-18)26(33)23(37-28)14-21-12-13-22(36-21)17-4-8-19(29)9-5-17/h4-15,25H,1-3H3. The number of allylic oxidation sites excluding steroid dienone is 1. The Labute approximate surface area is 226 Å². The summed E-state index contributed by atoms with van der Waals surface area (Å²) in [5, 5.41) is 1.19. The molecule has 3 heterocycles. The number of nitrogens with zero attached hydrogens (tertiary/aromatic N) is 2. The third kappa shape index (κ3) is 5.07. The van der Waals surface area contributed by atoms with Gasteiger partial charge in [0, 0.05) is 21.7 Å². The summed E-state index contributed by atoms with van der Waals surface area (Å²) in [5.41, 5.74) is 2.14. The van der Waals surface area contributed by atoms with Gasteiger partial charge in [0.15, 0.2) is 4.80 Å². The highest BCUT2D eigenvalue weighted by Crippen LogP contribution is 2.31. The fourth-order valence-corrected chi connectivity index (χ4v) is 5.43. The van der Waals surface area contributed by atoms with Crippen molar-refractivity contribution in [3.05, 3.63) is 113 Å². The molecule has 37 heavy (non-hydrogen) atoms. The lowest BCUT2D eigenvalue weighted by molar-refractivity contribution is -0.143. The van der Waals surface area contributed by atoms with Crippen molar-refractivity contribution in [1.29, 1.82) is 0 Å². The van der Waals surface area contributed by atoms with Gasteiger partial charge in [-0.25, -0.2) is 9.79 Å². The van der Waals surface area contributed by atoms with Gasteiger partial charge in [-0.1, -0.05) is 46.7 Å². The normalized spacial score (nSPS) is 15.6. The van der Waals surface area contributed by atoms with E-state index in [0.29, 0.717) is 42.2 Å². The molecule has 1 aliphatic rings. The minimum atomic E-state index is -0.705. The van der Waals surface area contributed by atoms with Crippen molar-refractivity contribution in [1.82, 2.24) is 4.57 Å². The second kappa shape index (κ2) is 10.2. The summed E-state index contributed by atoms with van der Waals surface area (Å²) in [7, 11) is 0. The van der Waals surface area contributed by atoms with Crippen molar-refractivity contribution >= 4 is 46.6 Å². The Kier molecular flexibility index (Phi) is 6.94. The molecular formula is C28H22Cl2N2O4S. The summed E-state index contributed by atoms with van der Waals surface area (Å²) in [6.07, 6.45) is 1.37. The highest BCUT2D eigenvalue weighted by molar-refractivity contribution is 7.07. The minimum Gasteiger partial charge on any atom is -0.459 e. The van der Waals surface area contributed by atoms with Crippen LogP contribution in [0.2, 0.25) is 10.0 Å². The van der Waals surface area contributed by atoms with Crippen LogP contribution in [0.3, 0.4) is 0 Å². The first-order valence-corrected chi connectivity index (χ1v) is 13.1. The third-order valence-electron chi connectivity index (χ3n) is 5.80. The summed E-state index contributed by atoms with van der Waals surface area (Å²) in [5.74, 6) is 0.668.